The predicted molar refractivity (Wildman–Crippen MR) is 119 cm³/mol. The fourth-order valence-electron chi connectivity index (χ4n) is 3.57. The van der Waals surface area contributed by atoms with Crippen molar-refractivity contribution in [3.05, 3.63) is 71.6 Å². The SMILES string of the molecule is C=C[C@H]([C@H](O)CC/C(=C/c1cc(C)c(O)c(C)c1)c1ccccn1)[C@H](O)C(C)C. The van der Waals surface area contributed by atoms with Gasteiger partial charge in [-0.3, -0.25) is 4.98 Å². The van der Waals surface area contributed by atoms with E-state index in [0.29, 0.717) is 18.6 Å². The lowest BCUT2D eigenvalue weighted by molar-refractivity contribution is 0.00938. The normalized spacial score (nSPS) is 15.2. The van der Waals surface area contributed by atoms with Crippen molar-refractivity contribution in [1.82, 2.24) is 4.98 Å². The van der Waals surface area contributed by atoms with Crippen molar-refractivity contribution in [2.75, 3.05) is 0 Å². The lowest BCUT2D eigenvalue weighted by Crippen LogP contribution is -2.33. The molecular formula is C25H33NO3. The smallest absolute Gasteiger partial charge is 0.121 e. The van der Waals surface area contributed by atoms with Crippen LogP contribution in [0.4, 0.5) is 0 Å². The fourth-order valence-corrected chi connectivity index (χ4v) is 3.57. The summed E-state index contributed by atoms with van der Waals surface area (Å²) >= 11 is 0. The van der Waals surface area contributed by atoms with Crippen LogP contribution in [-0.2, 0) is 0 Å². The molecule has 0 aliphatic carbocycles. The van der Waals surface area contributed by atoms with E-state index in [2.05, 4.69) is 17.6 Å². The number of hydrogen-bond donors (Lipinski definition) is 3. The Morgan fingerprint density at radius 1 is 1.14 bits per heavy atom. The third-order valence-corrected chi connectivity index (χ3v) is 5.35. The van der Waals surface area contributed by atoms with Gasteiger partial charge in [0, 0.05) is 12.1 Å². The minimum Gasteiger partial charge on any atom is -0.507 e. The van der Waals surface area contributed by atoms with Crippen LogP contribution < -0.4 is 0 Å². The van der Waals surface area contributed by atoms with Crippen LogP contribution in [-0.4, -0.2) is 32.5 Å². The highest BCUT2D eigenvalue weighted by Gasteiger charge is 2.26. The largest absolute Gasteiger partial charge is 0.507 e. The van der Waals surface area contributed by atoms with E-state index < -0.39 is 12.2 Å². The number of aliphatic hydroxyl groups excluding tert-OH is 2. The van der Waals surface area contributed by atoms with Crippen LogP contribution in [0.2, 0.25) is 0 Å². The third-order valence-electron chi connectivity index (χ3n) is 5.35. The van der Waals surface area contributed by atoms with Crippen LogP contribution in [0.15, 0.2) is 49.2 Å². The first-order valence-corrected chi connectivity index (χ1v) is 10.2. The highest BCUT2D eigenvalue weighted by molar-refractivity contribution is 5.80. The first kappa shape index (κ1) is 22.9. The number of aromatic hydroxyl groups is 1. The molecule has 0 saturated carbocycles. The first-order valence-electron chi connectivity index (χ1n) is 10.2. The molecule has 0 amide bonds. The second-order valence-corrected chi connectivity index (χ2v) is 8.04. The summed E-state index contributed by atoms with van der Waals surface area (Å²) in [4.78, 5) is 4.48. The van der Waals surface area contributed by atoms with Crippen LogP contribution >= 0.6 is 0 Å². The highest BCUT2D eigenvalue weighted by Crippen LogP contribution is 2.29. The van der Waals surface area contributed by atoms with Gasteiger partial charge in [0.1, 0.15) is 5.75 Å². The number of aromatic nitrogens is 1. The van der Waals surface area contributed by atoms with Crippen LogP contribution in [0.3, 0.4) is 0 Å². The molecule has 1 aromatic heterocycles. The van der Waals surface area contributed by atoms with Crippen LogP contribution in [0.25, 0.3) is 11.6 Å². The third kappa shape index (κ3) is 6.02. The van der Waals surface area contributed by atoms with Gasteiger partial charge in [0.2, 0.25) is 0 Å². The molecule has 0 aliphatic rings. The molecule has 4 heteroatoms. The molecule has 3 N–H and O–H groups in total. The Labute approximate surface area is 174 Å². The zero-order valence-corrected chi connectivity index (χ0v) is 17.8. The summed E-state index contributed by atoms with van der Waals surface area (Å²) in [7, 11) is 0. The number of allylic oxidation sites excluding steroid dienone is 1. The van der Waals surface area contributed by atoms with E-state index in [1.165, 1.54) is 0 Å². The molecule has 4 nitrogen and oxygen atoms in total. The van der Waals surface area contributed by atoms with E-state index in [1.54, 1.807) is 12.3 Å². The van der Waals surface area contributed by atoms with Gasteiger partial charge in [0.05, 0.1) is 17.9 Å². The maximum Gasteiger partial charge on any atom is 0.121 e. The summed E-state index contributed by atoms with van der Waals surface area (Å²) < 4.78 is 0. The molecule has 0 aliphatic heterocycles. The van der Waals surface area contributed by atoms with Gasteiger partial charge in [-0.15, -0.1) is 6.58 Å². The fraction of sp³-hybridized carbons (Fsp3) is 0.400. The molecule has 0 radical (unpaired) electrons. The zero-order chi connectivity index (χ0) is 21.6. The summed E-state index contributed by atoms with van der Waals surface area (Å²) in [6.45, 7) is 11.4. The van der Waals surface area contributed by atoms with Crippen molar-refractivity contribution < 1.29 is 15.3 Å². The number of phenolic OH excluding ortho intramolecular Hbond substituents is 1. The van der Waals surface area contributed by atoms with Crippen LogP contribution in [0.5, 0.6) is 5.75 Å². The topological polar surface area (TPSA) is 73.6 Å². The average molecular weight is 396 g/mol. The monoisotopic (exact) mass is 395 g/mol. The molecule has 3 atom stereocenters. The molecule has 0 unspecified atom stereocenters. The maximum atomic E-state index is 10.7. The maximum absolute atomic E-state index is 10.7. The van der Waals surface area contributed by atoms with Crippen LogP contribution in [0.1, 0.15) is 49.1 Å². The molecule has 1 heterocycles. The Morgan fingerprint density at radius 2 is 1.79 bits per heavy atom. The van der Waals surface area contributed by atoms with E-state index in [-0.39, 0.29) is 11.8 Å². The number of aryl methyl sites for hydroxylation is 2. The highest BCUT2D eigenvalue weighted by atomic mass is 16.3. The van der Waals surface area contributed by atoms with Crippen molar-refractivity contribution in [3.8, 4) is 5.75 Å². The summed E-state index contributed by atoms with van der Waals surface area (Å²) in [5, 5.41) is 31.1. The number of nitrogens with zero attached hydrogens (tertiary/aromatic N) is 1. The second kappa shape index (κ2) is 10.4. The number of hydrogen-bond acceptors (Lipinski definition) is 4. The molecule has 2 rings (SSSR count). The van der Waals surface area contributed by atoms with Gasteiger partial charge in [0.25, 0.3) is 0 Å². The Balaban J connectivity index is 2.30. The van der Waals surface area contributed by atoms with Crippen molar-refractivity contribution in [3.63, 3.8) is 0 Å². The van der Waals surface area contributed by atoms with Gasteiger partial charge >= 0.3 is 0 Å². The van der Waals surface area contributed by atoms with Gasteiger partial charge in [-0.05, 0) is 85.2 Å². The number of aliphatic hydroxyl groups is 2. The summed E-state index contributed by atoms with van der Waals surface area (Å²) in [6, 6.07) is 9.65. The Morgan fingerprint density at radius 3 is 2.31 bits per heavy atom. The number of phenols is 1. The van der Waals surface area contributed by atoms with E-state index in [0.717, 1.165) is 28.0 Å². The van der Waals surface area contributed by atoms with Gasteiger partial charge in [0.15, 0.2) is 0 Å². The number of benzene rings is 1. The molecule has 0 fully saturated rings. The van der Waals surface area contributed by atoms with Crippen molar-refractivity contribution >= 4 is 11.6 Å². The van der Waals surface area contributed by atoms with E-state index in [9.17, 15) is 15.3 Å². The molecule has 0 saturated heterocycles. The zero-order valence-electron chi connectivity index (χ0n) is 17.8. The van der Waals surface area contributed by atoms with Crippen LogP contribution in [0, 0.1) is 25.7 Å². The minimum atomic E-state index is -0.694. The quantitative estimate of drug-likeness (QED) is 0.528. The predicted octanol–water partition coefficient (Wildman–Crippen LogP) is 4.90. The molecular weight excluding hydrogens is 362 g/mol. The first-order chi connectivity index (χ1) is 13.7. The molecule has 0 bridgehead atoms. The summed E-state index contributed by atoms with van der Waals surface area (Å²) in [5.41, 5.74) is 4.47. The lowest BCUT2D eigenvalue weighted by atomic mass is 9.86. The summed E-state index contributed by atoms with van der Waals surface area (Å²) in [6.07, 6.45) is 5.21. The standard InChI is InChI=1S/C25H33NO3/c1-6-21(24(28)16(2)3)23(27)11-10-20(22-9-7-8-12-26-22)15-19-13-17(4)25(29)18(5)14-19/h6-9,12-16,21,23-24,27-29H,1,10-11H2,2-5H3/b20-15-/t21-,23-,24-/m1/s1. The van der Waals surface area contributed by atoms with Gasteiger partial charge in [-0.1, -0.05) is 26.0 Å². The molecule has 156 valence electrons. The lowest BCUT2D eigenvalue weighted by Gasteiger charge is -2.27. The summed E-state index contributed by atoms with van der Waals surface area (Å²) in [5.74, 6) is -0.0204. The minimum absolute atomic E-state index is 0.0430. The van der Waals surface area contributed by atoms with Gasteiger partial charge in [-0.2, -0.15) is 0 Å². The van der Waals surface area contributed by atoms with Gasteiger partial charge in [-0.25, -0.2) is 0 Å². The Bertz CT molecular complexity index is 819. The van der Waals surface area contributed by atoms with Crippen molar-refractivity contribution in [2.45, 2.75) is 52.7 Å². The van der Waals surface area contributed by atoms with E-state index in [1.807, 2.05) is 58.0 Å². The van der Waals surface area contributed by atoms with Gasteiger partial charge < -0.3 is 15.3 Å². The molecule has 0 spiro atoms. The molecule has 1 aromatic carbocycles. The van der Waals surface area contributed by atoms with Crippen molar-refractivity contribution in [1.29, 1.82) is 0 Å². The number of rotatable bonds is 9. The Kier molecular flexibility index (Phi) is 8.18. The average Bonchev–Trinajstić information content (AvgIpc) is 2.70. The second-order valence-electron chi connectivity index (χ2n) is 8.04. The Hall–Kier alpha value is -2.43. The molecule has 2 aromatic rings. The van der Waals surface area contributed by atoms with Crippen molar-refractivity contribution in [2.24, 2.45) is 11.8 Å². The van der Waals surface area contributed by atoms with E-state index >= 15 is 0 Å². The number of pyridine rings is 1. The van der Waals surface area contributed by atoms with E-state index in [4.69, 9.17) is 0 Å². The molecule has 29 heavy (non-hydrogen) atoms.